The summed E-state index contributed by atoms with van der Waals surface area (Å²) in [6.45, 7) is 8.20. The summed E-state index contributed by atoms with van der Waals surface area (Å²) >= 11 is 0. The van der Waals surface area contributed by atoms with Crippen molar-refractivity contribution in [1.29, 1.82) is 0 Å². The maximum absolute atomic E-state index is 15.4. The minimum absolute atomic E-state index is 0.0197. The molecule has 2 unspecified atom stereocenters. The molecule has 9 nitrogen and oxygen atoms in total. The average Bonchev–Trinajstić information content (AvgIpc) is 3.30. The lowest BCUT2D eigenvalue weighted by Crippen LogP contribution is -2.49. The molecule has 0 radical (unpaired) electrons. The highest BCUT2D eigenvalue weighted by molar-refractivity contribution is 6.03. The normalized spacial score (nSPS) is 21.3. The number of piperidine rings is 1. The molecular formula is C26H30F2N6O3. The number of ether oxygens (including phenoxy) is 1. The van der Waals surface area contributed by atoms with E-state index in [0.29, 0.717) is 50.6 Å². The Morgan fingerprint density at radius 1 is 1.24 bits per heavy atom. The van der Waals surface area contributed by atoms with Crippen LogP contribution in [0.5, 0.6) is 0 Å². The fourth-order valence-electron chi connectivity index (χ4n) is 5.09. The lowest BCUT2D eigenvalue weighted by atomic mass is 9.99. The molecule has 11 heteroatoms. The van der Waals surface area contributed by atoms with Crippen LogP contribution in [0.3, 0.4) is 0 Å². The van der Waals surface area contributed by atoms with Crippen LogP contribution in [0, 0.1) is 11.6 Å². The van der Waals surface area contributed by atoms with Crippen molar-refractivity contribution in [3.05, 3.63) is 53.6 Å². The Kier molecular flexibility index (Phi) is 6.96. The largest absolute Gasteiger partial charge is 0.378 e. The monoisotopic (exact) mass is 512 g/mol. The Balaban J connectivity index is 1.41. The van der Waals surface area contributed by atoms with Gasteiger partial charge in [-0.3, -0.25) is 9.59 Å². The first-order valence-corrected chi connectivity index (χ1v) is 12.4. The van der Waals surface area contributed by atoms with Crippen molar-refractivity contribution in [3.8, 4) is 0 Å². The Hall–Kier alpha value is -3.73. The molecular weight excluding hydrogens is 482 g/mol. The van der Waals surface area contributed by atoms with Gasteiger partial charge in [0.25, 0.3) is 5.91 Å². The van der Waals surface area contributed by atoms with Gasteiger partial charge in [0.1, 0.15) is 11.6 Å². The van der Waals surface area contributed by atoms with Crippen LogP contribution < -0.4 is 20.9 Å². The zero-order chi connectivity index (χ0) is 26.1. The topological polar surface area (TPSA) is 98.8 Å². The maximum atomic E-state index is 15.4. The van der Waals surface area contributed by atoms with E-state index in [0.717, 1.165) is 6.42 Å². The fourth-order valence-corrected chi connectivity index (χ4v) is 5.09. The van der Waals surface area contributed by atoms with Gasteiger partial charge >= 0.3 is 0 Å². The number of likely N-dealkylation sites (tertiary alicyclic amines) is 1. The molecule has 5 rings (SSSR count). The number of benzene rings is 1. The molecule has 3 N–H and O–H groups in total. The fraction of sp³-hybridized carbons (Fsp3) is 0.423. The number of aromatic nitrogens is 1. The second-order valence-electron chi connectivity index (χ2n) is 9.51. The minimum atomic E-state index is -0.618. The SMILES string of the molecule is C=CC(=O)N1CC(Nc2nc(Nc3ccc(N4CCOCC4)c(F)c3)c3c(c2F)CNC3=O)CCC1C. The second-order valence-corrected chi connectivity index (χ2v) is 9.51. The third-order valence-electron chi connectivity index (χ3n) is 7.13. The molecule has 4 heterocycles. The molecule has 2 fully saturated rings. The highest BCUT2D eigenvalue weighted by Crippen LogP contribution is 2.33. The summed E-state index contributed by atoms with van der Waals surface area (Å²) in [6.07, 6.45) is 2.73. The molecule has 2 amide bonds. The Morgan fingerprint density at radius 2 is 2.03 bits per heavy atom. The summed E-state index contributed by atoms with van der Waals surface area (Å²) in [5, 5.41) is 8.78. The van der Waals surface area contributed by atoms with Crippen LogP contribution >= 0.6 is 0 Å². The molecule has 2 atom stereocenters. The number of amides is 2. The summed E-state index contributed by atoms with van der Waals surface area (Å²) in [5.41, 5.74) is 1.15. The van der Waals surface area contributed by atoms with E-state index in [-0.39, 0.29) is 47.3 Å². The van der Waals surface area contributed by atoms with Crippen molar-refractivity contribution >= 4 is 34.8 Å². The summed E-state index contributed by atoms with van der Waals surface area (Å²) in [6, 6.07) is 4.52. The molecule has 3 aliphatic rings. The molecule has 196 valence electrons. The van der Waals surface area contributed by atoms with E-state index in [4.69, 9.17) is 4.74 Å². The molecule has 0 spiro atoms. The third kappa shape index (κ3) is 4.95. The number of carbonyl (C=O) groups excluding carboxylic acids is 2. The lowest BCUT2D eigenvalue weighted by Gasteiger charge is -2.38. The molecule has 3 aliphatic heterocycles. The zero-order valence-electron chi connectivity index (χ0n) is 20.7. The van der Waals surface area contributed by atoms with Gasteiger partial charge in [0.05, 0.1) is 24.5 Å². The van der Waals surface area contributed by atoms with Gasteiger partial charge in [-0.05, 0) is 44.0 Å². The number of morpholine rings is 1. The van der Waals surface area contributed by atoms with Gasteiger partial charge in [0, 0.05) is 49.5 Å². The number of fused-ring (bicyclic) bond motifs is 1. The molecule has 2 aromatic rings. The molecule has 0 bridgehead atoms. The number of nitrogens with zero attached hydrogens (tertiary/aromatic N) is 3. The minimum Gasteiger partial charge on any atom is -0.378 e. The van der Waals surface area contributed by atoms with Crippen molar-refractivity contribution < 1.29 is 23.1 Å². The Morgan fingerprint density at radius 3 is 2.76 bits per heavy atom. The van der Waals surface area contributed by atoms with Crippen LogP contribution in [0.2, 0.25) is 0 Å². The van der Waals surface area contributed by atoms with Gasteiger partial charge in [-0.25, -0.2) is 13.8 Å². The number of nitrogens with one attached hydrogen (secondary N) is 3. The van der Waals surface area contributed by atoms with Gasteiger partial charge < -0.3 is 30.5 Å². The van der Waals surface area contributed by atoms with Crippen molar-refractivity contribution in [2.24, 2.45) is 0 Å². The molecule has 0 saturated carbocycles. The highest BCUT2D eigenvalue weighted by atomic mass is 19.1. The summed E-state index contributed by atoms with van der Waals surface area (Å²) < 4.78 is 35.7. The van der Waals surface area contributed by atoms with Crippen LogP contribution in [-0.4, -0.2) is 66.6 Å². The van der Waals surface area contributed by atoms with E-state index < -0.39 is 17.5 Å². The number of carbonyl (C=O) groups is 2. The van der Waals surface area contributed by atoms with Crippen molar-refractivity contribution in [1.82, 2.24) is 15.2 Å². The van der Waals surface area contributed by atoms with E-state index in [9.17, 15) is 14.0 Å². The number of pyridine rings is 1. The van der Waals surface area contributed by atoms with E-state index in [1.54, 1.807) is 17.0 Å². The quantitative estimate of drug-likeness (QED) is 0.512. The van der Waals surface area contributed by atoms with Crippen molar-refractivity contribution in [2.75, 3.05) is 48.4 Å². The van der Waals surface area contributed by atoms with E-state index in [1.807, 2.05) is 11.8 Å². The van der Waals surface area contributed by atoms with Crippen LogP contribution in [0.4, 0.5) is 31.8 Å². The van der Waals surface area contributed by atoms with Crippen molar-refractivity contribution in [2.45, 2.75) is 38.4 Å². The molecule has 0 aliphatic carbocycles. The molecule has 1 aromatic heterocycles. The highest BCUT2D eigenvalue weighted by Gasteiger charge is 2.33. The standard InChI is InChI=1S/C26H30F2N6O3/c1-3-21(35)34-14-17(5-4-15(34)2)31-25-23(28)18-13-29-26(36)22(18)24(32-25)30-16-6-7-20(19(27)12-16)33-8-10-37-11-9-33/h3,6-7,12,15,17H,1,4-5,8-11,13-14H2,2H3,(H,29,36)(H2,30,31,32). The van der Waals surface area contributed by atoms with Gasteiger partial charge in [-0.1, -0.05) is 6.58 Å². The van der Waals surface area contributed by atoms with E-state index >= 15 is 4.39 Å². The molecule has 1 aromatic carbocycles. The number of rotatable bonds is 6. The van der Waals surface area contributed by atoms with Gasteiger partial charge in [-0.15, -0.1) is 0 Å². The smallest absolute Gasteiger partial charge is 0.255 e. The average molecular weight is 513 g/mol. The first kappa shape index (κ1) is 24.9. The van der Waals surface area contributed by atoms with E-state index in [2.05, 4.69) is 27.5 Å². The number of hydrogen-bond donors (Lipinski definition) is 3. The Labute approximate surface area is 213 Å². The van der Waals surface area contributed by atoms with Crippen LogP contribution in [0.1, 0.15) is 35.7 Å². The first-order valence-electron chi connectivity index (χ1n) is 12.4. The van der Waals surface area contributed by atoms with Gasteiger partial charge in [0.2, 0.25) is 5.91 Å². The van der Waals surface area contributed by atoms with Crippen LogP contribution in [0.15, 0.2) is 30.9 Å². The zero-order valence-corrected chi connectivity index (χ0v) is 20.7. The van der Waals surface area contributed by atoms with Gasteiger partial charge in [-0.2, -0.15) is 0 Å². The number of anilines is 4. The second kappa shape index (κ2) is 10.3. The molecule has 37 heavy (non-hydrogen) atoms. The van der Waals surface area contributed by atoms with E-state index in [1.165, 1.54) is 12.1 Å². The first-order chi connectivity index (χ1) is 17.9. The summed E-state index contributed by atoms with van der Waals surface area (Å²) in [5.74, 6) is -1.55. The Bertz CT molecular complexity index is 1230. The number of hydrogen-bond acceptors (Lipinski definition) is 7. The summed E-state index contributed by atoms with van der Waals surface area (Å²) in [7, 11) is 0. The summed E-state index contributed by atoms with van der Waals surface area (Å²) in [4.78, 5) is 32.8. The molecule has 2 saturated heterocycles. The number of halogens is 2. The van der Waals surface area contributed by atoms with Crippen LogP contribution in [0.25, 0.3) is 0 Å². The van der Waals surface area contributed by atoms with Crippen molar-refractivity contribution in [3.63, 3.8) is 0 Å². The third-order valence-corrected chi connectivity index (χ3v) is 7.13. The van der Waals surface area contributed by atoms with Gasteiger partial charge in [0.15, 0.2) is 11.6 Å². The predicted octanol–water partition coefficient (Wildman–Crippen LogP) is 3.16. The maximum Gasteiger partial charge on any atom is 0.255 e. The lowest BCUT2D eigenvalue weighted by molar-refractivity contribution is -0.129. The van der Waals surface area contributed by atoms with Crippen LogP contribution in [-0.2, 0) is 16.1 Å². The predicted molar refractivity (Wildman–Crippen MR) is 136 cm³/mol.